The van der Waals surface area contributed by atoms with Gasteiger partial charge in [0.1, 0.15) is 17.4 Å². The summed E-state index contributed by atoms with van der Waals surface area (Å²) in [5.74, 6) is 3.52. The molecule has 0 radical (unpaired) electrons. The van der Waals surface area contributed by atoms with Crippen LogP contribution >= 0.6 is 39.9 Å². The number of rotatable bonds is 4. The monoisotopic (exact) mass is 534 g/mol. The van der Waals surface area contributed by atoms with Crippen molar-refractivity contribution >= 4 is 45.9 Å². The first-order valence-corrected chi connectivity index (χ1v) is 9.08. The van der Waals surface area contributed by atoms with Crippen molar-refractivity contribution in [3.05, 3.63) is 39.9 Å². The lowest BCUT2D eigenvalue weighted by Crippen LogP contribution is -2.46. The van der Waals surface area contributed by atoms with Crippen molar-refractivity contribution in [1.82, 2.24) is 25.4 Å². The Labute approximate surface area is 179 Å². The van der Waals surface area contributed by atoms with E-state index in [4.69, 9.17) is 4.74 Å². The number of nitrogens with zero attached hydrogens (tertiary/aromatic N) is 4. The molecule has 0 aliphatic carbocycles. The quantitative estimate of drug-likeness (QED) is 0.358. The molecule has 1 aliphatic heterocycles. The molecule has 2 N–H and O–H groups in total. The molecule has 26 heavy (non-hydrogen) atoms. The normalized spacial score (nSPS) is 16.5. The van der Waals surface area contributed by atoms with Crippen LogP contribution in [0.1, 0.15) is 23.6 Å². The zero-order valence-corrected chi connectivity index (χ0v) is 19.0. The minimum absolute atomic E-state index is 0. The number of hydrogen-bond donors (Lipinski definition) is 2. The van der Waals surface area contributed by atoms with Crippen molar-refractivity contribution in [2.75, 3.05) is 14.2 Å². The molecule has 0 saturated heterocycles. The SMILES string of the molecule is CN=C(NCc1cc(Br)ccc1OC)NC1CCc2nc(C)nn2C1.I. The summed E-state index contributed by atoms with van der Waals surface area (Å²) in [4.78, 5) is 8.78. The Kier molecular flexibility index (Phi) is 7.69. The van der Waals surface area contributed by atoms with Gasteiger partial charge in [0.25, 0.3) is 0 Å². The first-order chi connectivity index (χ1) is 12.1. The van der Waals surface area contributed by atoms with Gasteiger partial charge >= 0.3 is 0 Å². The molecule has 1 unspecified atom stereocenters. The Balaban J connectivity index is 0.00000243. The lowest BCUT2D eigenvalue weighted by molar-refractivity contribution is 0.391. The fourth-order valence-corrected chi connectivity index (χ4v) is 3.41. The molecular formula is C17H24BrIN6O. The van der Waals surface area contributed by atoms with Gasteiger partial charge in [-0.15, -0.1) is 24.0 Å². The van der Waals surface area contributed by atoms with Crippen LogP contribution in [0.3, 0.4) is 0 Å². The average molecular weight is 535 g/mol. The third kappa shape index (κ3) is 5.09. The summed E-state index contributed by atoms with van der Waals surface area (Å²) < 4.78 is 8.43. The van der Waals surface area contributed by atoms with E-state index in [9.17, 15) is 0 Å². The molecule has 7 nitrogen and oxygen atoms in total. The van der Waals surface area contributed by atoms with Gasteiger partial charge < -0.3 is 15.4 Å². The van der Waals surface area contributed by atoms with Gasteiger partial charge in [-0.25, -0.2) is 9.67 Å². The molecular weight excluding hydrogens is 511 g/mol. The predicted octanol–water partition coefficient (Wildman–Crippen LogP) is 2.66. The zero-order chi connectivity index (χ0) is 17.8. The van der Waals surface area contributed by atoms with Crippen molar-refractivity contribution in [3.63, 3.8) is 0 Å². The highest BCUT2D eigenvalue weighted by Crippen LogP contribution is 2.22. The van der Waals surface area contributed by atoms with Gasteiger partial charge in [-0.1, -0.05) is 15.9 Å². The van der Waals surface area contributed by atoms with Gasteiger partial charge in [0, 0.05) is 36.1 Å². The maximum absolute atomic E-state index is 5.42. The van der Waals surface area contributed by atoms with Crippen LogP contribution in [0.2, 0.25) is 0 Å². The largest absolute Gasteiger partial charge is 0.496 e. The number of nitrogens with one attached hydrogen (secondary N) is 2. The minimum atomic E-state index is 0. The van der Waals surface area contributed by atoms with E-state index in [0.717, 1.165) is 52.8 Å². The van der Waals surface area contributed by atoms with Crippen LogP contribution in [0.5, 0.6) is 5.75 Å². The van der Waals surface area contributed by atoms with Gasteiger partial charge in [0.05, 0.1) is 13.7 Å². The van der Waals surface area contributed by atoms with Crippen molar-refractivity contribution in [2.45, 2.75) is 38.9 Å². The Morgan fingerprint density at radius 3 is 3.00 bits per heavy atom. The van der Waals surface area contributed by atoms with E-state index in [1.54, 1.807) is 14.2 Å². The number of guanidine groups is 1. The highest BCUT2D eigenvalue weighted by Gasteiger charge is 2.21. The fraction of sp³-hybridized carbons (Fsp3) is 0.471. The second-order valence-corrected chi connectivity index (χ2v) is 6.93. The number of aryl methyl sites for hydroxylation is 2. The van der Waals surface area contributed by atoms with Crippen molar-refractivity contribution in [2.24, 2.45) is 4.99 Å². The van der Waals surface area contributed by atoms with Crippen molar-refractivity contribution < 1.29 is 4.74 Å². The third-order valence-electron chi connectivity index (χ3n) is 4.22. The molecule has 1 aromatic carbocycles. The van der Waals surface area contributed by atoms with Crippen LogP contribution < -0.4 is 15.4 Å². The summed E-state index contributed by atoms with van der Waals surface area (Å²) in [5, 5.41) is 11.3. The van der Waals surface area contributed by atoms with E-state index in [2.05, 4.69) is 41.6 Å². The molecule has 1 aromatic heterocycles. The molecule has 0 bridgehead atoms. The van der Waals surface area contributed by atoms with Crippen LogP contribution in [0, 0.1) is 6.92 Å². The lowest BCUT2D eigenvalue weighted by atomic mass is 10.1. The number of fused-ring (bicyclic) bond motifs is 1. The number of methoxy groups -OCH3 is 1. The number of hydrogen-bond acceptors (Lipinski definition) is 4. The molecule has 1 aliphatic rings. The summed E-state index contributed by atoms with van der Waals surface area (Å²) in [7, 11) is 3.46. The van der Waals surface area contributed by atoms with Crippen LogP contribution in [0.25, 0.3) is 0 Å². The van der Waals surface area contributed by atoms with Gasteiger partial charge in [-0.3, -0.25) is 4.99 Å². The highest BCUT2D eigenvalue weighted by atomic mass is 127. The topological polar surface area (TPSA) is 76.4 Å². The van der Waals surface area contributed by atoms with Crippen LogP contribution in [-0.2, 0) is 19.5 Å². The maximum Gasteiger partial charge on any atom is 0.191 e. The standard InChI is InChI=1S/C17H23BrN6O.HI/c1-11-21-16-7-5-14(10-24(16)23-11)22-17(19-2)20-9-12-8-13(18)4-6-15(12)25-3;/h4,6,8,14H,5,7,9-10H2,1-3H3,(H2,19,20,22);1H. The predicted molar refractivity (Wildman–Crippen MR) is 116 cm³/mol. The van der Waals surface area contributed by atoms with E-state index in [1.807, 2.05) is 29.8 Å². The minimum Gasteiger partial charge on any atom is -0.496 e. The molecule has 1 atom stereocenters. The molecule has 9 heteroatoms. The second kappa shape index (κ2) is 9.54. The number of halogens is 2. The Hall–Kier alpha value is -1.36. The molecule has 0 amide bonds. The Bertz CT molecular complexity index is 779. The van der Waals surface area contributed by atoms with Gasteiger partial charge in [0.2, 0.25) is 0 Å². The number of benzene rings is 1. The summed E-state index contributed by atoms with van der Waals surface area (Å²) in [6.45, 7) is 3.36. The lowest BCUT2D eigenvalue weighted by Gasteiger charge is -2.25. The summed E-state index contributed by atoms with van der Waals surface area (Å²) >= 11 is 3.50. The molecule has 2 aromatic rings. The molecule has 2 heterocycles. The Morgan fingerprint density at radius 2 is 2.27 bits per heavy atom. The molecule has 3 rings (SSSR count). The fourth-order valence-electron chi connectivity index (χ4n) is 3.00. The van der Waals surface area contributed by atoms with E-state index in [0.29, 0.717) is 6.54 Å². The van der Waals surface area contributed by atoms with E-state index in [1.165, 1.54) is 0 Å². The van der Waals surface area contributed by atoms with Crippen LogP contribution in [0.15, 0.2) is 27.7 Å². The number of aromatic nitrogens is 3. The number of ether oxygens (including phenoxy) is 1. The second-order valence-electron chi connectivity index (χ2n) is 6.02. The van der Waals surface area contributed by atoms with Crippen molar-refractivity contribution in [1.29, 1.82) is 0 Å². The zero-order valence-electron chi connectivity index (χ0n) is 15.1. The highest BCUT2D eigenvalue weighted by molar-refractivity contribution is 14.0. The average Bonchev–Trinajstić information content (AvgIpc) is 2.98. The molecule has 142 valence electrons. The third-order valence-corrected chi connectivity index (χ3v) is 4.71. The molecule has 0 saturated carbocycles. The van der Waals surface area contributed by atoms with Gasteiger partial charge in [-0.05, 0) is 31.5 Å². The Morgan fingerprint density at radius 1 is 1.46 bits per heavy atom. The first-order valence-electron chi connectivity index (χ1n) is 8.29. The summed E-state index contributed by atoms with van der Waals surface area (Å²) in [6.07, 6.45) is 1.94. The van der Waals surface area contributed by atoms with E-state index < -0.39 is 0 Å². The summed E-state index contributed by atoms with van der Waals surface area (Å²) in [5.41, 5.74) is 1.07. The number of aliphatic imine (C=N–C) groups is 1. The summed E-state index contributed by atoms with van der Waals surface area (Å²) in [6, 6.07) is 6.25. The molecule has 0 fully saturated rings. The van der Waals surface area contributed by atoms with Crippen LogP contribution in [0.4, 0.5) is 0 Å². The smallest absolute Gasteiger partial charge is 0.191 e. The van der Waals surface area contributed by atoms with E-state index >= 15 is 0 Å². The maximum atomic E-state index is 5.42. The first kappa shape index (κ1) is 20.9. The van der Waals surface area contributed by atoms with E-state index in [-0.39, 0.29) is 30.0 Å². The van der Waals surface area contributed by atoms with Gasteiger partial charge in [-0.2, -0.15) is 5.10 Å². The van der Waals surface area contributed by atoms with Crippen molar-refractivity contribution in [3.8, 4) is 5.75 Å². The van der Waals surface area contributed by atoms with Gasteiger partial charge in [0.15, 0.2) is 5.96 Å². The molecule has 0 spiro atoms. The van der Waals surface area contributed by atoms with Crippen LogP contribution in [-0.4, -0.2) is 40.9 Å².